The molecule has 4 nitrogen and oxygen atoms in total. The molecule has 2 aromatic carbocycles. The highest BCUT2D eigenvalue weighted by Gasteiger charge is 2.15. The summed E-state index contributed by atoms with van der Waals surface area (Å²) in [7, 11) is 0. The molecule has 1 amide bonds. The Morgan fingerprint density at radius 2 is 1.85 bits per heavy atom. The van der Waals surface area contributed by atoms with Crippen LogP contribution < -0.4 is 5.32 Å². The Balaban J connectivity index is 2.14. The van der Waals surface area contributed by atoms with Crippen molar-refractivity contribution in [2.24, 2.45) is 0 Å². The van der Waals surface area contributed by atoms with Crippen molar-refractivity contribution in [2.45, 2.75) is 12.5 Å². The van der Waals surface area contributed by atoms with Crippen LogP contribution in [0.3, 0.4) is 0 Å². The van der Waals surface area contributed by atoms with E-state index in [4.69, 9.17) is 5.11 Å². The number of aliphatic hydroxyl groups excluding tert-OH is 1. The van der Waals surface area contributed by atoms with E-state index in [-0.39, 0.29) is 24.3 Å². The Bertz CT molecular complexity index is 569. The molecule has 0 heterocycles. The highest BCUT2D eigenvalue weighted by atomic mass is 16.3. The van der Waals surface area contributed by atoms with Gasteiger partial charge in [0.25, 0.3) is 5.91 Å². The van der Waals surface area contributed by atoms with Crippen molar-refractivity contribution in [3.8, 4) is 5.75 Å². The summed E-state index contributed by atoms with van der Waals surface area (Å²) in [6.07, 6.45) is 0.439. The average Bonchev–Trinajstić information content (AvgIpc) is 2.47. The molecule has 0 aliphatic rings. The number of benzene rings is 2. The molecular weight excluding hydrogens is 254 g/mol. The first-order valence-electron chi connectivity index (χ1n) is 6.46. The second kappa shape index (κ2) is 6.73. The van der Waals surface area contributed by atoms with Crippen molar-refractivity contribution < 1.29 is 15.0 Å². The van der Waals surface area contributed by atoms with Crippen molar-refractivity contribution in [1.82, 2.24) is 5.32 Å². The largest absolute Gasteiger partial charge is 0.508 e. The minimum Gasteiger partial charge on any atom is -0.508 e. The summed E-state index contributed by atoms with van der Waals surface area (Å²) < 4.78 is 0. The van der Waals surface area contributed by atoms with Crippen molar-refractivity contribution >= 4 is 5.91 Å². The molecular formula is C16H17NO3. The predicted octanol–water partition coefficient (Wildman–Crippen LogP) is 2.25. The summed E-state index contributed by atoms with van der Waals surface area (Å²) in [4.78, 5) is 12.2. The van der Waals surface area contributed by atoms with Crippen LogP contribution in [0.25, 0.3) is 0 Å². The van der Waals surface area contributed by atoms with Gasteiger partial charge in [0.2, 0.25) is 0 Å². The number of hydrogen-bond acceptors (Lipinski definition) is 3. The smallest absolute Gasteiger partial charge is 0.251 e. The summed E-state index contributed by atoms with van der Waals surface area (Å²) >= 11 is 0. The minimum absolute atomic E-state index is 0.0140. The van der Waals surface area contributed by atoms with Gasteiger partial charge in [0.15, 0.2) is 0 Å². The molecule has 1 atom stereocenters. The van der Waals surface area contributed by atoms with Gasteiger partial charge in [-0.25, -0.2) is 0 Å². The number of hydrogen-bond donors (Lipinski definition) is 3. The number of phenols is 1. The van der Waals surface area contributed by atoms with E-state index in [1.807, 2.05) is 30.3 Å². The molecule has 20 heavy (non-hydrogen) atoms. The van der Waals surface area contributed by atoms with Crippen molar-refractivity contribution in [2.75, 3.05) is 6.61 Å². The van der Waals surface area contributed by atoms with Gasteiger partial charge in [-0.05, 0) is 30.2 Å². The van der Waals surface area contributed by atoms with E-state index >= 15 is 0 Å². The molecule has 4 heteroatoms. The minimum atomic E-state index is -0.275. The molecule has 0 radical (unpaired) electrons. The van der Waals surface area contributed by atoms with Crippen molar-refractivity contribution in [3.05, 3.63) is 65.7 Å². The summed E-state index contributed by atoms with van der Waals surface area (Å²) in [5.41, 5.74) is 1.33. The van der Waals surface area contributed by atoms with Gasteiger partial charge in [-0.3, -0.25) is 4.79 Å². The highest BCUT2D eigenvalue weighted by Crippen LogP contribution is 2.18. The van der Waals surface area contributed by atoms with Crippen LogP contribution in [-0.4, -0.2) is 22.7 Å². The van der Waals surface area contributed by atoms with E-state index in [0.29, 0.717) is 12.0 Å². The van der Waals surface area contributed by atoms with E-state index in [9.17, 15) is 9.90 Å². The molecule has 2 rings (SSSR count). The third-order valence-corrected chi connectivity index (χ3v) is 3.03. The normalized spacial score (nSPS) is 11.8. The molecule has 0 aliphatic carbocycles. The maximum Gasteiger partial charge on any atom is 0.251 e. The first-order valence-corrected chi connectivity index (χ1v) is 6.46. The zero-order valence-corrected chi connectivity index (χ0v) is 11.0. The first kappa shape index (κ1) is 14.1. The van der Waals surface area contributed by atoms with Crippen molar-refractivity contribution in [1.29, 1.82) is 0 Å². The molecule has 3 N–H and O–H groups in total. The predicted molar refractivity (Wildman–Crippen MR) is 76.5 cm³/mol. The van der Waals surface area contributed by atoms with Crippen LogP contribution in [-0.2, 0) is 0 Å². The van der Waals surface area contributed by atoms with E-state index in [1.54, 1.807) is 12.1 Å². The van der Waals surface area contributed by atoms with Crippen LogP contribution in [0, 0.1) is 0 Å². The Morgan fingerprint density at radius 3 is 2.50 bits per heavy atom. The number of rotatable bonds is 5. The van der Waals surface area contributed by atoms with Gasteiger partial charge in [-0.2, -0.15) is 0 Å². The fourth-order valence-corrected chi connectivity index (χ4v) is 2.03. The number of aliphatic hydroxyl groups is 1. The molecule has 0 aliphatic heterocycles. The molecule has 0 fully saturated rings. The lowest BCUT2D eigenvalue weighted by molar-refractivity contribution is 0.0929. The fourth-order valence-electron chi connectivity index (χ4n) is 2.03. The number of amides is 1. The third-order valence-electron chi connectivity index (χ3n) is 3.03. The van der Waals surface area contributed by atoms with Crippen LogP contribution in [0.1, 0.15) is 28.4 Å². The number of phenolic OH excluding ortho intramolecular Hbond substituents is 1. The molecule has 0 bridgehead atoms. The number of nitrogens with one attached hydrogen (secondary N) is 1. The standard InChI is InChI=1S/C16H17NO3/c18-10-9-15(12-5-2-1-3-6-12)17-16(20)13-7-4-8-14(19)11-13/h1-8,11,15,18-19H,9-10H2,(H,17,20). The maximum absolute atomic E-state index is 12.2. The lowest BCUT2D eigenvalue weighted by atomic mass is 10.0. The van der Waals surface area contributed by atoms with E-state index < -0.39 is 0 Å². The summed E-state index contributed by atoms with van der Waals surface area (Å²) in [5, 5.41) is 21.4. The first-order chi connectivity index (χ1) is 9.70. The van der Waals surface area contributed by atoms with Gasteiger partial charge in [0.05, 0.1) is 6.04 Å². The van der Waals surface area contributed by atoms with Crippen LogP contribution in [0.15, 0.2) is 54.6 Å². The molecule has 0 saturated heterocycles. The van der Waals surface area contributed by atoms with Gasteiger partial charge in [-0.15, -0.1) is 0 Å². The summed E-state index contributed by atoms with van der Waals surface area (Å²) in [6.45, 7) is -0.0140. The monoisotopic (exact) mass is 271 g/mol. The van der Waals surface area contributed by atoms with Crippen LogP contribution in [0.2, 0.25) is 0 Å². The fraction of sp³-hybridized carbons (Fsp3) is 0.188. The molecule has 104 valence electrons. The Morgan fingerprint density at radius 1 is 1.10 bits per heavy atom. The van der Waals surface area contributed by atoms with E-state index in [0.717, 1.165) is 5.56 Å². The third kappa shape index (κ3) is 3.59. The number of carbonyl (C=O) groups excluding carboxylic acids is 1. The van der Waals surface area contributed by atoms with Gasteiger partial charge < -0.3 is 15.5 Å². The molecule has 1 unspecified atom stereocenters. The van der Waals surface area contributed by atoms with Crippen LogP contribution in [0.5, 0.6) is 5.75 Å². The molecule has 2 aromatic rings. The zero-order chi connectivity index (χ0) is 14.4. The second-order valence-electron chi connectivity index (χ2n) is 4.50. The Kier molecular flexibility index (Phi) is 4.74. The average molecular weight is 271 g/mol. The quantitative estimate of drug-likeness (QED) is 0.781. The zero-order valence-electron chi connectivity index (χ0n) is 11.0. The maximum atomic E-state index is 12.2. The molecule has 0 saturated carbocycles. The second-order valence-corrected chi connectivity index (χ2v) is 4.50. The topological polar surface area (TPSA) is 69.6 Å². The van der Waals surface area contributed by atoms with Crippen molar-refractivity contribution in [3.63, 3.8) is 0 Å². The lowest BCUT2D eigenvalue weighted by Crippen LogP contribution is -2.29. The van der Waals surface area contributed by atoms with Crippen LogP contribution in [0.4, 0.5) is 0 Å². The molecule has 0 spiro atoms. The van der Waals surface area contributed by atoms with Crippen LogP contribution >= 0.6 is 0 Å². The molecule has 0 aromatic heterocycles. The lowest BCUT2D eigenvalue weighted by Gasteiger charge is -2.18. The van der Waals surface area contributed by atoms with E-state index in [2.05, 4.69) is 5.32 Å². The highest BCUT2D eigenvalue weighted by molar-refractivity contribution is 5.94. The van der Waals surface area contributed by atoms with E-state index in [1.165, 1.54) is 12.1 Å². The van der Waals surface area contributed by atoms with Gasteiger partial charge in [-0.1, -0.05) is 36.4 Å². The van der Waals surface area contributed by atoms with Gasteiger partial charge in [0.1, 0.15) is 5.75 Å². The summed E-state index contributed by atoms with van der Waals surface area (Å²) in [6, 6.07) is 15.4. The SMILES string of the molecule is O=C(NC(CCO)c1ccccc1)c1cccc(O)c1. The van der Waals surface area contributed by atoms with Gasteiger partial charge in [0, 0.05) is 12.2 Å². The summed E-state index contributed by atoms with van der Waals surface area (Å²) in [5.74, 6) is -0.223. The number of carbonyl (C=O) groups is 1. The number of aromatic hydroxyl groups is 1. The Hall–Kier alpha value is -2.33. The Labute approximate surface area is 117 Å². The van der Waals surface area contributed by atoms with Gasteiger partial charge >= 0.3 is 0 Å².